The molecule has 0 aliphatic heterocycles. The number of anilines is 1. The third kappa shape index (κ3) is 4.43. The number of aryl methyl sites for hydroxylation is 2. The van der Waals surface area contributed by atoms with Crippen LogP contribution >= 0.6 is 23.3 Å². The van der Waals surface area contributed by atoms with Crippen molar-refractivity contribution < 1.29 is 4.79 Å². The lowest BCUT2D eigenvalue weighted by molar-refractivity contribution is -0.113. The Balaban J connectivity index is 1.57. The molecular formula is C18H17N3OS2. The summed E-state index contributed by atoms with van der Waals surface area (Å²) in [6.45, 7) is 4.05. The summed E-state index contributed by atoms with van der Waals surface area (Å²) in [5, 5.41) is 2.89. The van der Waals surface area contributed by atoms with Crippen LogP contribution in [-0.4, -0.2) is 21.0 Å². The van der Waals surface area contributed by atoms with Crippen molar-refractivity contribution in [1.29, 1.82) is 0 Å². The van der Waals surface area contributed by atoms with Crippen molar-refractivity contribution in [1.82, 2.24) is 9.36 Å². The summed E-state index contributed by atoms with van der Waals surface area (Å²) in [7, 11) is 0. The number of carbonyl (C=O) groups is 1. The second kappa shape index (κ2) is 7.59. The van der Waals surface area contributed by atoms with Crippen LogP contribution in [0.15, 0.2) is 52.9 Å². The van der Waals surface area contributed by atoms with Crippen LogP contribution in [0.4, 0.5) is 5.69 Å². The molecule has 0 aliphatic rings. The molecule has 0 saturated heterocycles. The summed E-state index contributed by atoms with van der Waals surface area (Å²) >= 11 is 2.72. The molecule has 0 unspecified atom stereocenters. The summed E-state index contributed by atoms with van der Waals surface area (Å²) < 4.78 is 5.16. The van der Waals surface area contributed by atoms with Crippen molar-refractivity contribution in [2.45, 2.75) is 18.2 Å². The van der Waals surface area contributed by atoms with Gasteiger partial charge in [-0.05, 0) is 43.1 Å². The Morgan fingerprint density at radius 3 is 2.67 bits per heavy atom. The molecular weight excluding hydrogens is 338 g/mol. The quantitative estimate of drug-likeness (QED) is 0.682. The van der Waals surface area contributed by atoms with Gasteiger partial charge in [0.25, 0.3) is 0 Å². The number of carbonyl (C=O) groups excluding carboxylic acids is 1. The minimum Gasteiger partial charge on any atom is -0.325 e. The lowest BCUT2D eigenvalue weighted by Crippen LogP contribution is -2.13. The fraction of sp³-hybridized carbons (Fsp3) is 0.167. The number of benzene rings is 2. The van der Waals surface area contributed by atoms with Crippen LogP contribution in [0.5, 0.6) is 0 Å². The van der Waals surface area contributed by atoms with E-state index in [1.807, 2.05) is 62.4 Å². The molecule has 0 aliphatic carbocycles. The molecule has 1 heterocycles. The lowest BCUT2D eigenvalue weighted by Gasteiger charge is -2.04. The maximum atomic E-state index is 12.0. The van der Waals surface area contributed by atoms with E-state index < -0.39 is 0 Å². The first-order chi connectivity index (χ1) is 11.6. The molecule has 24 heavy (non-hydrogen) atoms. The molecule has 1 aromatic heterocycles. The number of hydrogen-bond donors (Lipinski definition) is 1. The van der Waals surface area contributed by atoms with Gasteiger partial charge in [-0.2, -0.15) is 4.37 Å². The van der Waals surface area contributed by atoms with Gasteiger partial charge < -0.3 is 5.32 Å². The van der Waals surface area contributed by atoms with Crippen molar-refractivity contribution in [3.63, 3.8) is 0 Å². The maximum Gasteiger partial charge on any atom is 0.234 e. The molecule has 0 spiro atoms. The standard InChI is InChI=1S/C18H17N3OS2/c1-12-6-8-14(9-7-12)17-20-18(24-21-17)23-11-16(22)19-15-5-3-4-13(2)10-15/h3-10H,11H2,1-2H3,(H,19,22). The molecule has 0 fully saturated rings. The SMILES string of the molecule is Cc1ccc(-c2nsc(SCC(=O)Nc3cccc(C)c3)n2)cc1. The van der Waals surface area contributed by atoms with E-state index >= 15 is 0 Å². The minimum absolute atomic E-state index is 0.0438. The zero-order valence-electron chi connectivity index (χ0n) is 13.4. The predicted octanol–water partition coefficient (Wildman–Crippen LogP) is 4.55. The predicted molar refractivity (Wildman–Crippen MR) is 101 cm³/mol. The summed E-state index contributed by atoms with van der Waals surface area (Å²) in [6.07, 6.45) is 0. The first-order valence-corrected chi connectivity index (χ1v) is 9.26. The van der Waals surface area contributed by atoms with Crippen LogP contribution in [0.3, 0.4) is 0 Å². The maximum absolute atomic E-state index is 12.0. The number of rotatable bonds is 5. The zero-order valence-corrected chi connectivity index (χ0v) is 15.1. The van der Waals surface area contributed by atoms with E-state index in [9.17, 15) is 4.79 Å². The third-order valence-corrected chi connectivity index (χ3v) is 5.18. The van der Waals surface area contributed by atoms with Crippen LogP contribution in [0.2, 0.25) is 0 Å². The summed E-state index contributed by atoms with van der Waals surface area (Å²) in [6, 6.07) is 15.9. The molecule has 1 amide bonds. The molecule has 4 nitrogen and oxygen atoms in total. The van der Waals surface area contributed by atoms with Crippen LogP contribution in [0, 0.1) is 13.8 Å². The Morgan fingerprint density at radius 2 is 1.92 bits per heavy atom. The Labute approximate surface area is 149 Å². The highest BCUT2D eigenvalue weighted by molar-refractivity contribution is 8.01. The van der Waals surface area contributed by atoms with E-state index in [0.717, 1.165) is 21.2 Å². The number of thioether (sulfide) groups is 1. The van der Waals surface area contributed by atoms with Crippen LogP contribution in [0.25, 0.3) is 11.4 Å². The van der Waals surface area contributed by atoms with Gasteiger partial charge in [0.05, 0.1) is 5.75 Å². The van der Waals surface area contributed by atoms with Crippen molar-refractivity contribution in [3.05, 3.63) is 59.7 Å². The molecule has 3 aromatic rings. The fourth-order valence-corrected chi connectivity index (χ4v) is 3.55. The summed E-state index contributed by atoms with van der Waals surface area (Å²) in [5.41, 5.74) is 4.13. The van der Waals surface area contributed by atoms with E-state index in [1.165, 1.54) is 28.9 Å². The van der Waals surface area contributed by atoms with Crippen LogP contribution < -0.4 is 5.32 Å². The normalized spacial score (nSPS) is 10.6. The highest BCUT2D eigenvalue weighted by Gasteiger charge is 2.10. The Hall–Kier alpha value is -2.18. The smallest absolute Gasteiger partial charge is 0.234 e. The van der Waals surface area contributed by atoms with Crippen molar-refractivity contribution >= 4 is 34.9 Å². The van der Waals surface area contributed by atoms with Gasteiger partial charge in [0, 0.05) is 11.3 Å². The van der Waals surface area contributed by atoms with Gasteiger partial charge in [-0.25, -0.2) is 4.98 Å². The number of nitrogens with zero attached hydrogens (tertiary/aromatic N) is 2. The number of aromatic nitrogens is 2. The number of amides is 1. The van der Waals surface area contributed by atoms with Crippen LogP contribution in [-0.2, 0) is 4.79 Å². The van der Waals surface area contributed by atoms with Gasteiger partial charge in [-0.15, -0.1) is 0 Å². The van der Waals surface area contributed by atoms with Gasteiger partial charge in [-0.1, -0.05) is 53.7 Å². The monoisotopic (exact) mass is 355 g/mol. The first kappa shape index (κ1) is 16.7. The topological polar surface area (TPSA) is 54.9 Å². The summed E-state index contributed by atoms with van der Waals surface area (Å²) in [4.78, 5) is 16.5. The van der Waals surface area contributed by atoms with Crippen molar-refractivity contribution in [2.24, 2.45) is 0 Å². The minimum atomic E-state index is -0.0438. The molecule has 122 valence electrons. The Kier molecular flexibility index (Phi) is 5.27. The first-order valence-electron chi connectivity index (χ1n) is 7.50. The molecule has 0 saturated carbocycles. The van der Waals surface area contributed by atoms with E-state index in [2.05, 4.69) is 14.7 Å². The van der Waals surface area contributed by atoms with Gasteiger partial charge >= 0.3 is 0 Å². The van der Waals surface area contributed by atoms with Crippen molar-refractivity contribution in [3.8, 4) is 11.4 Å². The lowest BCUT2D eigenvalue weighted by atomic mass is 10.1. The van der Waals surface area contributed by atoms with Gasteiger partial charge in [0.15, 0.2) is 10.2 Å². The van der Waals surface area contributed by atoms with E-state index in [0.29, 0.717) is 11.6 Å². The molecule has 0 atom stereocenters. The molecule has 0 radical (unpaired) electrons. The van der Waals surface area contributed by atoms with Gasteiger partial charge in [0.2, 0.25) is 5.91 Å². The molecule has 2 aromatic carbocycles. The van der Waals surface area contributed by atoms with E-state index in [4.69, 9.17) is 0 Å². The Morgan fingerprint density at radius 1 is 1.12 bits per heavy atom. The molecule has 1 N–H and O–H groups in total. The summed E-state index contributed by atoms with van der Waals surface area (Å²) in [5.74, 6) is 0.982. The van der Waals surface area contributed by atoms with Crippen molar-refractivity contribution in [2.75, 3.05) is 11.1 Å². The molecule has 6 heteroatoms. The van der Waals surface area contributed by atoms with Crippen LogP contribution in [0.1, 0.15) is 11.1 Å². The largest absolute Gasteiger partial charge is 0.325 e. The third-order valence-electron chi connectivity index (χ3n) is 3.35. The highest BCUT2D eigenvalue weighted by Crippen LogP contribution is 2.25. The van der Waals surface area contributed by atoms with E-state index in [-0.39, 0.29) is 5.91 Å². The molecule has 3 rings (SSSR count). The second-order valence-electron chi connectivity index (χ2n) is 5.46. The fourth-order valence-electron chi connectivity index (χ4n) is 2.14. The average Bonchev–Trinajstić information content (AvgIpc) is 3.03. The second-order valence-corrected chi connectivity index (χ2v) is 7.43. The Bertz CT molecular complexity index is 843. The number of nitrogens with one attached hydrogen (secondary N) is 1. The van der Waals surface area contributed by atoms with Gasteiger partial charge in [0.1, 0.15) is 0 Å². The number of hydrogen-bond acceptors (Lipinski definition) is 5. The van der Waals surface area contributed by atoms with Gasteiger partial charge in [-0.3, -0.25) is 4.79 Å². The van der Waals surface area contributed by atoms with E-state index in [1.54, 1.807) is 0 Å². The highest BCUT2D eigenvalue weighted by atomic mass is 32.2. The molecule has 0 bridgehead atoms. The average molecular weight is 355 g/mol. The zero-order chi connectivity index (χ0) is 16.9.